The number of carboxylic acids is 1. The van der Waals surface area contributed by atoms with Crippen LogP contribution in [0.4, 0.5) is 28.0 Å². The lowest BCUT2D eigenvalue weighted by atomic mass is 10.0. The normalized spacial score (nSPS) is 19.8. The summed E-state index contributed by atoms with van der Waals surface area (Å²) in [6.45, 7) is 3.72. The molecule has 7 nitrogen and oxygen atoms in total. The molecule has 2 N–H and O–H groups in total. The number of benzene rings is 1. The van der Waals surface area contributed by atoms with E-state index in [0.29, 0.717) is 10.3 Å². The first-order valence-corrected chi connectivity index (χ1v) is 10.1. The van der Waals surface area contributed by atoms with Crippen molar-refractivity contribution in [1.82, 2.24) is 9.47 Å². The lowest BCUT2D eigenvalue weighted by Gasteiger charge is -2.36. The van der Waals surface area contributed by atoms with Crippen LogP contribution in [0.3, 0.4) is 0 Å². The van der Waals surface area contributed by atoms with Gasteiger partial charge in [0, 0.05) is 17.6 Å². The third-order valence-corrected chi connectivity index (χ3v) is 5.04. The summed E-state index contributed by atoms with van der Waals surface area (Å²) in [5.74, 6) is -1.49. The molecular formula is C21H25F4N3O4. The minimum absolute atomic E-state index is 0.0753. The van der Waals surface area contributed by atoms with Gasteiger partial charge in [-0.1, -0.05) is 6.07 Å². The van der Waals surface area contributed by atoms with Gasteiger partial charge in [-0.05, 0) is 45.4 Å². The molecule has 1 aromatic carbocycles. The van der Waals surface area contributed by atoms with E-state index >= 15 is 0 Å². The Labute approximate surface area is 181 Å². The predicted octanol–water partition coefficient (Wildman–Crippen LogP) is 4.66. The lowest BCUT2D eigenvalue weighted by Crippen LogP contribution is -2.51. The van der Waals surface area contributed by atoms with Crippen molar-refractivity contribution in [3.8, 4) is 0 Å². The Morgan fingerprint density at radius 2 is 1.94 bits per heavy atom. The third kappa shape index (κ3) is 5.43. The number of nitrogens with one attached hydrogen (secondary N) is 1. The molecule has 1 aliphatic rings. The van der Waals surface area contributed by atoms with Gasteiger partial charge in [-0.3, -0.25) is 0 Å². The zero-order valence-corrected chi connectivity index (χ0v) is 17.9. The van der Waals surface area contributed by atoms with Crippen LogP contribution in [0, 0.1) is 0 Å². The van der Waals surface area contributed by atoms with Gasteiger partial charge in [-0.15, -0.1) is 0 Å². The molecule has 0 aliphatic carbocycles. The topological polar surface area (TPSA) is 83.8 Å². The Hall–Kier alpha value is -2.98. The molecule has 2 heterocycles. The average Bonchev–Trinajstić information content (AvgIpc) is 3.00. The molecule has 0 bridgehead atoms. The van der Waals surface area contributed by atoms with Crippen LogP contribution >= 0.6 is 0 Å². The highest BCUT2D eigenvalue weighted by Gasteiger charge is 2.35. The fourth-order valence-corrected chi connectivity index (χ4v) is 3.70. The number of hydrogen-bond acceptors (Lipinski definition) is 4. The summed E-state index contributed by atoms with van der Waals surface area (Å²) < 4.78 is 59.8. The molecule has 176 valence electrons. The van der Waals surface area contributed by atoms with Crippen molar-refractivity contribution in [2.75, 3.05) is 18.4 Å². The summed E-state index contributed by atoms with van der Waals surface area (Å²) in [6.07, 6.45) is -6.44. The van der Waals surface area contributed by atoms with Crippen LogP contribution in [-0.4, -0.2) is 63.7 Å². The number of carbonyl (C=O) groups excluding carboxylic acids is 1. The van der Waals surface area contributed by atoms with E-state index in [1.165, 1.54) is 17.0 Å². The number of aromatic nitrogens is 1. The largest absolute Gasteiger partial charge is 0.477 e. The quantitative estimate of drug-likeness (QED) is 0.650. The lowest BCUT2D eigenvalue weighted by molar-refractivity contribution is -0.140. The van der Waals surface area contributed by atoms with Gasteiger partial charge in [0.25, 0.3) is 0 Å². The van der Waals surface area contributed by atoms with E-state index in [0.717, 1.165) is 6.07 Å². The number of alkyl halides is 4. The number of amides is 1. The van der Waals surface area contributed by atoms with Gasteiger partial charge in [0.2, 0.25) is 0 Å². The Morgan fingerprint density at radius 1 is 1.25 bits per heavy atom. The fourth-order valence-electron chi connectivity index (χ4n) is 3.70. The van der Waals surface area contributed by atoms with Crippen molar-refractivity contribution < 1.29 is 37.0 Å². The number of ether oxygens (including phenoxy) is 1. The van der Waals surface area contributed by atoms with Crippen LogP contribution in [0.5, 0.6) is 0 Å². The SMILES string of the molecule is CC(C)(C)OC(=O)N1CC[C@@H](Nc2cccc3c2cc(C(=O)O)n3CC(F)(F)F)[C@@H](F)C1. The van der Waals surface area contributed by atoms with Gasteiger partial charge in [0.15, 0.2) is 0 Å². The predicted molar refractivity (Wildman–Crippen MR) is 110 cm³/mol. The highest BCUT2D eigenvalue weighted by molar-refractivity contribution is 6.00. The minimum atomic E-state index is -4.61. The summed E-state index contributed by atoms with van der Waals surface area (Å²) in [5, 5.41) is 12.6. The molecule has 3 rings (SSSR count). The summed E-state index contributed by atoms with van der Waals surface area (Å²) in [4.78, 5) is 25.0. The third-order valence-electron chi connectivity index (χ3n) is 5.04. The number of halogens is 4. The smallest absolute Gasteiger partial charge is 0.410 e. The molecule has 1 aromatic heterocycles. The van der Waals surface area contributed by atoms with Gasteiger partial charge < -0.3 is 24.6 Å². The fraction of sp³-hybridized carbons (Fsp3) is 0.524. The first-order valence-electron chi connectivity index (χ1n) is 10.1. The van der Waals surface area contributed by atoms with Crippen LogP contribution in [0.2, 0.25) is 0 Å². The van der Waals surface area contributed by atoms with Gasteiger partial charge in [0.05, 0.1) is 18.1 Å². The molecule has 0 unspecified atom stereocenters. The number of carbonyl (C=O) groups is 2. The molecule has 32 heavy (non-hydrogen) atoms. The van der Waals surface area contributed by atoms with Crippen molar-refractivity contribution in [3.63, 3.8) is 0 Å². The average molecular weight is 459 g/mol. The maximum Gasteiger partial charge on any atom is 0.410 e. The van der Waals surface area contributed by atoms with E-state index in [1.54, 1.807) is 26.8 Å². The van der Waals surface area contributed by atoms with Gasteiger partial charge in [0.1, 0.15) is 24.0 Å². The van der Waals surface area contributed by atoms with Crippen molar-refractivity contribution in [1.29, 1.82) is 0 Å². The number of likely N-dealkylation sites (tertiary alicyclic amines) is 1. The number of carboxylic acid groups (broad SMARTS) is 1. The molecule has 0 spiro atoms. The zero-order valence-electron chi connectivity index (χ0n) is 17.9. The second-order valence-electron chi connectivity index (χ2n) is 8.76. The molecule has 2 aromatic rings. The minimum Gasteiger partial charge on any atom is -0.477 e. The van der Waals surface area contributed by atoms with E-state index in [1.807, 2.05) is 0 Å². The summed E-state index contributed by atoms with van der Waals surface area (Å²) >= 11 is 0. The van der Waals surface area contributed by atoms with Gasteiger partial charge in [-0.25, -0.2) is 14.0 Å². The number of nitrogens with zero attached hydrogens (tertiary/aromatic N) is 2. The Morgan fingerprint density at radius 3 is 2.50 bits per heavy atom. The molecule has 1 fully saturated rings. The molecule has 2 atom stereocenters. The second kappa shape index (κ2) is 8.51. The molecule has 1 aliphatic heterocycles. The number of piperidine rings is 1. The first-order chi connectivity index (χ1) is 14.7. The maximum atomic E-state index is 14.9. The second-order valence-corrected chi connectivity index (χ2v) is 8.76. The van der Waals surface area contributed by atoms with Crippen LogP contribution in [-0.2, 0) is 11.3 Å². The Kier molecular flexibility index (Phi) is 6.30. The number of rotatable bonds is 4. The molecule has 11 heteroatoms. The monoisotopic (exact) mass is 459 g/mol. The standard InChI is InChI=1S/C21H25F4N3O4/c1-20(2,3)32-19(31)27-8-7-15(13(22)10-27)26-14-5-4-6-16-12(14)9-17(18(29)30)28(16)11-21(23,24)25/h4-6,9,13,15,26H,7-8,10-11H2,1-3H3,(H,29,30)/t13-,15+/m0/s1. The zero-order chi connectivity index (χ0) is 23.8. The van der Waals surface area contributed by atoms with Gasteiger partial charge in [-0.2, -0.15) is 13.2 Å². The van der Waals surface area contributed by atoms with Crippen molar-refractivity contribution in [2.45, 2.75) is 57.7 Å². The number of aromatic carboxylic acids is 1. The number of anilines is 1. The van der Waals surface area contributed by atoms with Crippen LogP contribution in [0.1, 0.15) is 37.7 Å². The van der Waals surface area contributed by atoms with Crippen molar-refractivity contribution in [2.24, 2.45) is 0 Å². The maximum absolute atomic E-state index is 14.9. The molecular weight excluding hydrogens is 434 g/mol. The highest BCUT2D eigenvalue weighted by atomic mass is 19.4. The highest BCUT2D eigenvalue weighted by Crippen LogP contribution is 2.32. The first kappa shape index (κ1) is 23.7. The van der Waals surface area contributed by atoms with Crippen LogP contribution in [0.15, 0.2) is 24.3 Å². The summed E-state index contributed by atoms with van der Waals surface area (Å²) in [5.41, 5.74) is -0.822. The van der Waals surface area contributed by atoms with E-state index < -0.39 is 48.3 Å². The summed E-state index contributed by atoms with van der Waals surface area (Å²) in [7, 11) is 0. The summed E-state index contributed by atoms with van der Waals surface area (Å²) in [6, 6.07) is 4.86. The molecule has 0 saturated carbocycles. The van der Waals surface area contributed by atoms with E-state index in [4.69, 9.17) is 4.74 Å². The van der Waals surface area contributed by atoms with E-state index in [9.17, 15) is 32.3 Å². The number of hydrogen-bond donors (Lipinski definition) is 2. The Balaban J connectivity index is 1.82. The van der Waals surface area contributed by atoms with Gasteiger partial charge >= 0.3 is 18.2 Å². The van der Waals surface area contributed by atoms with E-state index in [2.05, 4.69) is 5.32 Å². The van der Waals surface area contributed by atoms with Crippen LogP contribution in [0.25, 0.3) is 10.9 Å². The van der Waals surface area contributed by atoms with Crippen molar-refractivity contribution >= 4 is 28.7 Å². The molecule has 0 radical (unpaired) electrons. The van der Waals surface area contributed by atoms with Crippen molar-refractivity contribution in [3.05, 3.63) is 30.0 Å². The molecule has 1 saturated heterocycles. The van der Waals surface area contributed by atoms with E-state index in [-0.39, 0.29) is 30.4 Å². The number of fused-ring (bicyclic) bond motifs is 1. The van der Waals surface area contributed by atoms with Crippen LogP contribution < -0.4 is 5.32 Å². The Bertz CT molecular complexity index is 1010. The molecule has 1 amide bonds.